The summed E-state index contributed by atoms with van der Waals surface area (Å²) in [7, 11) is 0. The molecule has 0 aliphatic carbocycles. The molecule has 0 radical (unpaired) electrons. The van der Waals surface area contributed by atoms with Crippen LogP contribution in [-0.4, -0.2) is 29.4 Å². The predicted octanol–water partition coefficient (Wildman–Crippen LogP) is 1.02. The van der Waals surface area contributed by atoms with E-state index < -0.39 is 0 Å². The molecule has 0 saturated carbocycles. The first kappa shape index (κ1) is 12.5. The molecule has 0 bridgehead atoms. The average molecular weight is 213 g/mol. The fraction of sp³-hybridized carbons (Fsp3) is 0.909. The Kier molecular flexibility index (Phi) is 5.05. The lowest BCUT2D eigenvalue weighted by molar-refractivity contribution is -0.121. The van der Waals surface area contributed by atoms with Gasteiger partial charge in [-0.05, 0) is 39.7 Å². The summed E-state index contributed by atoms with van der Waals surface area (Å²) in [5.74, 6) is 4.99. The lowest BCUT2D eigenvalue weighted by Crippen LogP contribution is -2.44. The van der Waals surface area contributed by atoms with Gasteiger partial charge in [0.05, 0.1) is 0 Å². The van der Waals surface area contributed by atoms with E-state index >= 15 is 0 Å². The van der Waals surface area contributed by atoms with E-state index in [-0.39, 0.29) is 5.91 Å². The molecular weight excluding hydrogens is 190 g/mol. The molecule has 0 aromatic heterocycles. The molecule has 0 spiro atoms. The van der Waals surface area contributed by atoms with Crippen LogP contribution in [0.4, 0.5) is 0 Å². The number of hydrogen-bond donors (Lipinski definition) is 2. The Morgan fingerprint density at radius 1 is 1.60 bits per heavy atom. The monoisotopic (exact) mass is 213 g/mol. The Hall–Kier alpha value is -0.610. The van der Waals surface area contributed by atoms with Crippen molar-refractivity contribution >= 4 is 5.91 Å². The quantitative estimate of drug-likeness (QED) is 0.416. The zero-order valence-corrected chi connectivity index (χ0v) is 9.83. The van der Waals surface area contributed by atoms with E-state index in [0.29, 0.717) is 18.5 Å². The van der Waals surface area contributed by atoms with Crippen molar-refractivity contribution in [2.75, 3.05) is 6.54 Å². The van der Waals surface area contributed by atoms with Gasteiger partial charge in [0.15, 0.2) is 0 Å². The van der Waals surface area contributed by atoms with Gasteiger partial charge in [0, 0.05) is 18.5 Å². The first-order valence-electron chi connectivity index (χ1n) is 5.90. The van der Waals surface area contributed by atoms with Crippen LogP contribution in [0.2, 0.25) is 0 Å². The molecule has 1 fully saturated rings. The third-order valence-electron chi connectivity index (χ3n) is 3.37. The molecule has 4 heteroatoms. The van der Waals surface area contributed by atoms with Crippen molar-refractivity contribution in [3.8, 4) is 0 Å². The third-order valence-corrected chi connectivity index (χ3v) is 3.37. The van der Waals surface area contributed by atoms with Gasteiger partial charge in [0.1, 0.15) is 0 Å². The zero-order valence-electron chi connectivity index (χ0n) is 9.83. The third kappa shape index (κ3) is 3.80. The van der Waals surface area contributed by atoms with Crippen LogP contribution in [0.1, 0.15) is 46.0 Å². The molecule has 1 heterocycles. The van der Waals surface area contributed by atoms with Gasteiger partial charge in [-0.3, -0.25) is 15.1 Å². The van der Waals surface area contributed by atoms with E-state index in [1.165, 1.54) is 25.8 Å². The molecule has 2 unspecified atom stereocenters. The molecule has 1 rings (SSSR count). The standard InChI is InChI=1S/C11H23N3O/c1-9-5-3-4-8-14(9)10(2)6-7-11(15)13-12/h9-10H,3-8,12H2,1-2H3,(H,13,15). The smallest absolute Gasteiger partial charge is 0.233 e. The second kappa shape index (κ2) is 6.08. The molecule has 1 aliphatic heterocycles. The van der Waals surface area contributed by atoms with Gasteiger partial charge in [-0.2, -0.15) is 0 Å². The Morgan fingerprint density at radius 2 is 2.33 bits per heavy atom. The number of hydrogen-bond acceptors (Lipinski definition) is 3. The van der Waals surface area contributed by atoms with Gasteiger partial charge in [-0.15, -0.1) is 0 Å². The van der Waals surface area contributed by atoms with Crippen molar-refractivity contribution in [1.82, 2.24) is 10.3 Å². The minimum absolute atomic E-state index is 0.0634. The van der Waals surface area contributed by atoms with Crippen LogP contribution in [-0.2, 0) is 4.79 Å². The van der Waals surface area contributed by atoms with E-state index in [0.717, 1.165) is 6.42 Å². The minimum Gasteiger partial charge on any atom is -0.298 e. The summed E-state index contributed by atoms with van der Waals surface area (Å²) >= 11 is 0. The number of nitrogens with zero attached hydrogens (tertiary/aromatic N) is 1. The molecule has 0 aromatic rings. The van der Waals surface area contributed by atoms with E-state index in [9.17, 15) is 4.79 Å². The SMILES string of the molecule is CC1CCCCN1C(C)CCC(=O)NN. The summed E-state index contributed by atoms with van der Waals surface area (Å²) in [6, 6.07) is 1.15. The largest absolute Gasteiger partial charge is 0.298 e. The molecule has 0 aromatic carbocycles. The van der Waals surface area contributed by atoms with Crippen molar-refractivity contribution in [3.05, 3.63) is 0 Å². The summed E-state index contributed by atoms with van der Waals surface area (Å²) in [5.41, 5.74) is 2.18. The Morgan fingerprint density at radius 3 is 2.93 bits per heavy atom. The van der Waals surface area contributed by atoms with Crippen molar-refractivity contribution in [3.63, 3.8) is 0 Å². The lowest BCUT2D eigenvalue weighted by Gasteiger charge is -2.38. The van der Waals surface area contributed by atoms with Crippen LogP contribution in [0, 0.1) is 0 Å². The van der Waals surface area contributed by atoms with E-state index in [2.05, 4.69) is 24.2 Å². The lowest BCUT2D eigenvalue weighted by atomic mass is 10.00. The molecule has 88 valence electrons. The van der Waals surface area contributed by atoms with E-state index in [1.54, 1.807) is 0 Å². The highest BCUT2D eigenvalue weighted by molar-refractivity contribution is 5.75. The van der Waals surface area contributed by atoms with Crippen LogP contribution in [0.3, 0.4) is 0 Å². The first-order chi connectivity index (χ1) is 7.15. The fourth-order valence-corrected chi connectivity index (χ4v) is 2.35. The summed E-state index contributed by atoms with van der Waals surface area (Å²) < 4.78 is 0. The number of amides is 1. The molecular formula is C11H23N3O. The molecule has 3 N–H and O–H groups in total. The summed E-state index contributed by atoms with van der Waals surface area (Å²) in [6.45, 7) is 5.65. The van der Waals surface area contributed by atoms with Crippen molar-refractivity contribution < 1.29 is 4.79 Å². The van der Waals surface area contributed by atoms with Crippen molar-refractivity contribution in [2.24, 2.45) is 5.84 Å². The summed E-state index contributed by atoms with van der Waals surface area (Å²) in [4.78, 5) is 13.5. The van der Waals surface area contributed by atoms with Gasteiger partial charge in [-0.25, -0.2) is 5.84 Å². The molecule has 1 saturated heterocycles. The molecule has 1 amide bonds. The molecule has 2 atom stereocenters. The average Bonchev–Trinajstić information content (AvgIpc) is 2.26. The van der Waals surface area contributed by atoms with Crippen LogP contribution in [0.15, 0.2) is 0 Å². The maximum absolute atomic E-state index is 11.0. The zero-order chi connectivity index (χ0) is 11.3. The highest BCUT2D eigenvalue weighted by atomic mass is 16.2. The number of carbonyl (C=O) groups is 1. The minimum atomic E-state index is -0.0634. The first-order valence-corrected chi connectivity index (χ1v) is 5.90. The van der Waals surface area contributed by atoms with Gasteiger partial charge in [0.25, 0.3) is 0 Å². The van der Waals surface area contributed by atoms with Crippen molar-refractivity contribution in [2.45, 2.75) is 58.0 Å². The summed E-state index contributed by atoms with van der Waals surface area (Å²) in [6.07, 6.45) is 5.34. The number of rotatable bonds is 4. The van der Waals surface area contributed by atoms with Crippen LogP contribution < -0.4 is 11.3 Å². The normalized spacial score (nSPS) is 24.9. The predicted molar refractivity (Wildman–Crippen MR) is 61.0 cm³/mol. The Bertz CT molecular complexity index is 208. The van der Waals surface area contributed by atoms with Crippen LogP contribution >= 0.6 is 0 Å². The van der Waals surface area contributed by atoms with Gasteiger partial charge < -0.3 is 0 Å². The number of hydrazine groups is 1. The molecule has 4 nitrogen and oxygen atoms in total. The maximum Gasteiger partial charge on any atom is 0.233 e. The van der Waals surface area contributed by atoms with Crippen LogP contribution in [0.25, 0.3) is 0 Å². The van der Waals surface area contributed by atoms with Gasteiger partial charge in [-0.1, -0.05) is 6.42 Å². The number of piperidine rings is 1. The fourth-order valence-electron chi connectivity index (χ4n) is 2.35. The highest BCUT2D eigenvalue weighted by Crippen LogP contribution is 2.20. The van der Waals surface area contributed by atoms with E-state index in [4.69, 9.17) is 5.84 Å². The van der Waals surface area contributed by atoms with Crippen LogP contribution in [0.5, 0.6) is 0 Å². The Balaban J connectivity index is 2.31. The second-order valence-corrected chi connectivity index (χ2v) is 4.54. The van der Waals surface area contributed by atoms with Gasteiger partial charge >= 0.3 is 0 Å². The number of nitrogens with one attached hydrogen (secondary N) is 1. The number of nitrogens with two attached hydrogens (primary N) is 1. The van der Waals surface area contributed by atoms with Gasteiger partial charge in [0.2, 0.25) is 5.91 Å². The van der Waals surface area contributed by atoms with Crippen molar-refractivity contribution in [1.29, 1.82) is 0 Å². The topological polar surface area (TPSA) is 58.4 Å². The number of carbonyl (C=O) groups excluding carboxylic acids is 1. The molecule has 1 aliphatic rings. The summed E-state index contributed by atoms with van der Waals surface area (Å²) in [5, 5.41) is 0. The maximum atomic E-state index is 11.0. The number of likely N-dealkylation sites (tertiary alicyclic amines) is 1. The second-order valence-electron chi connectivity index (χ2n) is 4.54. The van der Waals surface area contributed by atoms with E-state index in [1.807, 2.05) is 0 Å². The highest BCUT2D eigenvalue weighted by Gasteiger charge is 2.23. The Labute approximate surface area is 92.2 Å². The molecule has 15 heavy (non-hydrogen) atoms.